The molecule has 0 aliphatic heterocycles. The van der Waals surface area contributed by atoms with Gasteiger partial charge >= 0.3 is 0 Å². The van der Waals surface area contributed by atoms with Crippen molar-refractivity contribution in [2.45, 2.75) is 6.43 Å². The fraction of sp³-hybridized carbons (Fsp3) is 0.250. The number of aromatic nitrogens is 1. The summed E-state index contributed by atoms with van der Waals surface area (Å²) in [5, 5.41) is 8.62. The van der Waals surface area contributed by atoms with E-state index in [1.807, 2.05) is 0 Å². The molecule has 0 aliphatic rings. The highest BCUT2D eigenvalue weighted by atomic mass is 79.9. The molecule has 6 heteroatoms. The molecule has 0 spiro atoms. The second-order valence-electron chi connectivity index (χ2n) is 2.34. The molecule has 0 N–H and O–H groups in total. The van der Waals surface area contributed by atoms with Crippen LogP contribution in [-0.4, -0.2) is 12.1 Å². The van der Waals surface area contributed by atoms with Crippen molar-refractivity contribution in [2.75, 3.05) is 7.11 Å². The van der Waals surface area contributed by atoms with Crippen molar-refractivity contribution < 1.29 is 13.5 Å². The van der Waals surface area contributed by atoms with E-state index >= 15 is 0 Å². The molecule has 0 saturated heterocycles. The van der Waals surface area contributed by atoms with Crippen molar-refractivity contribution in [2.24, 2.45) is 0 Å². The fourth-order valence-electron chi connectivity index (χ4n) is 0.879. The Morgan fingerprint density at radius 3 is 2.71 bits per heavy atom. The molecule has 1 rings (SSSR count). The minimum atomic E-state index is -2.67. The Labute approximate surface area is 87.5 Å². The molecule has 0 amide bonds. The Kier molecular flexibility index (Phi) is 3.36. The van der Waals surface area contributed by atoms with Gasteiger partial charge in [0.15, 0.2) is 0 Å². The lowest BCUT2D eigenvalue weighted by atomic mass is 10.2. The van der Waals surface area contributed by atoms with E-state index in [-0.39, 0.29) is 21.6 Å². The number of alkyl halides is 2. The lowest BCUT2D eigenvalue weighted by Crippen LogP contribution is -1.97. The Morgan fingerprint density at radius 2 is 2.29 bits per heavy atom. The number of halogens is 3. The highest BCUT2D eigenvalue weighted by Gasteiger charge is 2.17. The zero-order valence-electron chi connectivity index (χ0n) is 7.09. The third-order valence-electron chi connectivity index (χ3n) is 1.52. The molecule has 0 aromatic carbocycles. The molecular formula is C8H5BrF2N2O. The summed E-state index contributed by atoms with van der Waals surface area (Å²) in [6, 6.07) is 2.78. The van der Waals surface area contributed by atoms with Crippen LogP contribution in [-0.2, 0) is 0 Å². The average Bonchev–Trinajstić information content (AvgIpc) is 2.16. The van der Waals surface area contributed by atoms with Crippen LogP contribution in [0, 0.1) is 11.3 Å². The number of rotatable bonds is 2. The van der Waals surface area contributed by atoms with E-state index in [0.717, 1.165) is 6.07 Å². The van der Waals surface area contributed by atoms with Crippen molar-refractivity contribution in [1.29, 1.82) is 5.26 Å². The fourth-order valence-corrected chi connectivity index (χ4v) is 1.33. The number of nitriles is 1. The van der Waals surface area contributed by atoms with Crippen LogP contribution in [0.25, 0.3) is 0 Å². The molecule has 0 fully saturated rings. The maximum atomic E-state index is 12.4. The van der Waals surface area contributed by atoms with E-state index in [2.05, 4.69) is 20.9 Å². The molecule has 74 valence electrons. The normalized spacial score (nSPS) is 10.0. The van der Waals surface area contributed by atoms with Gasteiger partial charge < -0.3 is 4.74 Å². The van der Waals surface area contributed by atoms with Crippen LogP contribution in [0.5, 0.6) is 5.88 Å². The number of hydrogen-bond acceptors (Lipinski definition) is 3. The third kappa shape index (κ3) is 1.99. The van der Waals surface area contributed by atoms with Crippen LogP contribution in [0.2, 0.25) is 0 Å². The Morgan fingerprint density at radius 1 is 1.64 bits per heavy atom. The smallest absolute Gasteiger partial charge is 0.266 e. The molecule has 0 unspecified atom stereocenters. The molecule has 0 bridgehead atoms. The minimum Gasteiger partial charge on any atom is -0.480 e. The van der Waals surface area contributed by atoms with Gasteiger partial charge in [-0.3, -0.25) is 0 Å². The number of methoxy groups -OCH3 is 1. The lowest BCUT2D eigenvalue weighted by molar-refractivity contribution is 0.149. The molecule has 0 radical (unpaired) electrons. The number of ether oxygens (including phenoxy) is 1. The van der Waals surface area contributed by atoms with Gasteiger partial charge in [0.1, 0.15) is 16.2 Å². The Balaban J connectivity index is 3.32. The van der Waals surface area contributed by atoms with Gasteiger partial charge in [-0.25, -0.2) is 13.8 Å². The maximum Gasteiger partial charge on any atom is 0.266 e. The van der Waals surface area contributed by atoms with Crippen LogP contribution in [0.4, 0.5) is 8.78 Å². The van der Waals surface area contributed by atoms with Crippen molar-refractivity contribution in [3.8, 4) is 11.9 Å². The van der Waals surface area contributed by atoms with Crippen LogP contribution in [0.1, 0.15) is 17.6 Å². The van der Waals surface area contributed by atoms with E-state index in [1.54, 1.807) is 6.07 Å². The van der Waals surface area contributed by atoms with Gasteiger partial charge in [0, 0.05) is 0 Å². The standard InChI is InChI=1S/C8H5BrF2N2O/c1-14-8-4(3-12)2-5(7(10)11)6(9)13-8/h2,7H,1H3. The second-order valence-corrected chi connectivity index (χ2v) is 3.09. The van der Waals surface area contributed by atoms with Crippen molar-refractivity contribution in [3.63, 3.8) is 0 Å². The zero-order valence-corrected chi connectivity index (χ0v) is 8.68. The summed E-state index contributed by atoms with van der Waals surface area (Å²) in [6.07, 6.45) is -2.67. The highest BCUT2D eigenvalue weighted by molar-refractivity contribution is 9.10. The van der Waals surface area contributed by atoms with E-state index in [4.69, 9.17) is 10.00 Å². The summed E-state index contributed by atoms with van der Waals surface area (Å²) in [5.41, 5.74) is -0.326. The largest absolute Gasteiger partial charge is 0.480 e. The lowest BCUT2D eigenvalue weighted by Gasteiger charge is -2.06. The quantitative estimate of drug-likeness (QED) is 0.770. The molecule has 1 aromatic rings. The number of hydrogen-bond donors (Lipinski definition) is 0. The van der Waals surface area contributed by atoms with Crippen LogP contribution < -0.4 is 4.74 Å². The summed E-state index contributed by atoms with van der Waals surface area (Å²) in [7, 11) is 1.32. The first-order valence-corrected chi connectivity index (χ1v) is 4.32. The average molecular weight is 263 g/mol. The van der Waals surface area contributed by atoms with Gasteiger partial charge in [-0.15, -0.1) is 0 Å². The van der Waals surface area contributed by atoms with Gasteiger partial charge in [-0.2, -0.15) is 5.26 Å². The van der Waals surface area contributed by atoms with Gasteiger partial charge in [0.25, 0.3) is 6.43 Å². The summed E-state index contributed by atoms with van der Waals surface area (Å²) in [6.45, 7) is 0. The summed E-state index contributed by atoms with van der Waals surface area (Å²) in [4.78, 5) is 3.68. The number of pyridine rings is 1. The molecule has 14 heavy (non-hydrogen) atoms. The molecule has 1 aromatic heterocycles. The first kappa shape index (κ1) is 10.9. The third-order valence-corrected chi connectivity index (χ3v) is 2.15. The first-order chi connectivity index (χ1) is 6.60. The van der Waals surface area contributed by atoms with E-state index in [9.17, 15) is 8.78 Å². The summed E-state index contributed by atoms with van der Waals surface area (Å²) < 4.78 is 29.5. The minimum absolute atomic E-state index is 0.00833. The highest BCUT2D eigenvalue weighted by Crippen LogP contribution is 2.29. The van der Waals surface area contributed by atoms with Crippen molar-refractivity contribution in [1.82, 2.24) is 4.98 Å². The summed E-state index contributed by atoms with van der Waals surface area (Å²) in [5.74, 6) is 0.0313. The van der Waals surface area contributed by atoms with Crippen LogP contribution in [0.3, 0.4) is 0 Å². The van der Waals surface area contributed by atoms with Gasteiger partial charge in [-0.05, 0) is 22.0 Å². The first-order valence-electron chi connectivity index (χ1n) is 3.52. The van der Waals surface area contributed by atoms with E-state index < -0.39 is 6.43 Å². The van der Waals surface area contributed by atoms with Crippen LogP contribution >= 0.6 is 15.9 Å². The summed E-state index contributed by atoms with van der Waals surface area (Å²) >= 11 is 2.87. The monoisotopic (exact) mass is 262 g/mol. The Bertz CT molecular complexity index is 390. The van der Waals surface area contributed by atoms with Gasteiger partial charge in [0.05, 0.1) is 12.7 Å². The van der Waals surface area contributed by atoms with E-state index in [0.29, 0.717) is 0 Å². The molecule has 3 nitrogen and oxygen atoms in total. The van der Waals surface area contributed by atoms with Crippen molar-refractivity contribution >= 4 is 15.9 Å². The van der Waals surface area contributed by atoms with Gasteiger partial charge in [-0.1, -0.05) is 0 Å². The van der Waals surface area contributed by atoms with Crippen molar-refractivity contribution in [3.05, 3.63) is 21.8 Å². The maximum absolute atomic E-state index is 12.4. The number of nitrogens with zero attached hydrogens (tertiary/aromatic N) is 2. The molecule has 0 aliphatic carbocycles. The SMILES string of the molecule is COc1nc(Br)c(C(F)F)cc1C#N. The second kappa shape index (κ2) is 4.33. The predicted molar refractivity (Wildman–Crippen MR) is 48.2 cm³/mol. The topological polar surface area (TPSA) is 45.9 Å². The zero-order chi connectivity index (χ0) is 10.7. The van der Waals surface area contributed by atoms with E-state index in [1.165, 1.54) is 7.11 Å². The predicted octanol–water partition coefficient (Wildman–Crippen LogP) is 2.66. The van der Waals surface area contributed by atoms with Crippen LogP contribution in [0.15, 0.2) is 10.7 Å². The molecular weight excluding hydrogens is 258 g/mol. The van der Waals surface area contributed by atoms with Gasteiger partial charge in [0.2, 0.25) is 5.88 Å². The molecule has 0 saturated carbocycles. The molecule has 0 atom stereocenters. The Hall–Kier alpha value is -1.22. The molecule has 1 heterocycles.